The van der Waals surface area contributed by atoms with Crippen LogP contribution >= 0.6 is 12.2 Å². The zero-order chi connectivity index (χ0) is 16.8. The van der Waals surface area contributed by atoms with E-state index in [4.69, 9.17) is 17.0 Å². The molecular formula is C19H16N2O2S. The monoisotopic (exact) mass is 336 g/mol. The number of ether oxygens (including phenoxy) is 1. The zero-order valence-electron chi connectivity index (χ0n) is 13.4. The number of carbonyl (C=O) groups is 1. The third-order valence-corrected chi connectivity index (χ3v) is 4.77. The smallest absolute Gasteiger partial charge is 0.296 e. The van der Waals surface area contributed by atoms with Crippen LogP contribution in [0.15, 0.2) is 48.2 Å². The molecule has 5 heteroatoms. The molecule has 0 aliphatic carbocycles. The SMILES string of the molecule is CCn1c2ccccc2c2cccc(/C=C3/OC(=S)N(C)C3=O)c21. The molecule has 0 N–H and O–H groups in total. The molecule has 0 radical (unpaired) electrons. The number of aryl methyl sites for hydroxylation is 1. The number of aromatic nitrogens is 1. The number of para-hydroxylation sites is 2. The van der Waals surface area contributed by atoms with Crippen LogP contribution in [0.3, 0.4) is 0 Å². The van der Waals surface area contributed by atoms with Gasteiger partial charge >= 0.3 is 0 Å². The van der Waals surface area contributed by atoms with Gasteiger partial charge in [-0.15, -0.1) is 0 Å². The van der Waals surface area contributed by atoms with Gasteiger partial charge in [0.05, 0.1) is 5.52 Å². The van der Waals surface area contributed by atoms with Gasteiger partial charge in [-0.25, -0.2) is 0 Å². The maximum atomic E-state index is 12.2. The fraction of sp³-hybridized carbons (Fsp3) is 0.158. The Morgan fingerprint density at radius 3 is 2.58 bits per heavy atom. The lowest BCUT2D eigenvalue weighted by atomic mass is 10.1. The maximum Gasteiger partial charge on any atom is 0.296 e. The third-order valence-electron chi connectivity index (χ3n) is 4.41. The van der Waals surface area contributed by atoms with Gasteiger partial charge in [0, 0.05) is 35.4 Å². The van der Waals surface area contributed by atoms with Gasteiger partial charge in [0.25, 0.3) is 11.1 Å². The first kappa shape index (κ1) is 14.9. The van der Waals surface area contributed by atoms with Crippen molar-refractivity contribution in [3.05, 3.63) is 53.8 Å². The predicted molar refractivity (Wildman–Crippen MR) is 99.5 cm³/mol. The average Bonchev–Trinajstić information content (AvgIpc) is 3.05. The number of rotatable bonds is 2. The average molecular weight is 336 g/mol. The number of thiocarbonyl (C=S) groups is 1. The highest BCUT2D eigenvalue weighted by Crippen LogP contribution is 2.32. The number of hydrogen-bond acceptors (Lipinski definition) is 3. The highest BCUT2D eigenvalue weighted by Gasteiger charge is 2.30. The van der Waals surface area contributed by atoms with Crippen LogP contribution in [0.1, 0.15) is 12.5 Å². The van der Waals surface area contributed by atoms with E-state index in [1.54, 1.807) is 13.1 Å². The number of hydrogen-bond donors (Lipinski definition) is 0. The van der Waals surface area contributed by atoms with Crippen LogP contribution in [0.4, 0.5) is 0 Å². The Morgan fingerprint density at radius 2 is 1.88 bits per heavy atom. The van der Waals surface area contributed by atoms with Crippen LogP contribution < -0.4 is 0 Å². The van der Waals surface area contributed by atoms with Crippen LogP contribution in [-0.2, 0) is 16.1 Å². The Balaban J connectivity index is 2.01. The lowest BCUT2D eigenvalue weighted by molar-refractivity contribution is -0.122. The Kier molecular flexibility index (Phi) is 3.39. The molecule has 1 saturated heterocycles. The second-order valence-electron chi connectivity index (χ2n) is 5.75. The van der Waals surface area contributed by atoms with Gasteiger partial charge in [-0.2, -0.15) is 0 Å². The summed E-state index contributed by atoms with van der Waals surface area (Å²) in [5.74, 6) is 0.0547. The van der Waals surface area contributed by atoms with E-state index in [1.165, 1.54) is 21.2 Å². The first-order valence-electron chi connectivity index (χ1n) is 7.83. The molecule has 3 aromatic rings. The standard InChI is InChI=1S/C19H16N2O2S/c1-3-21-15-10-5-4-8-13(15)14-9-6-7-12(17(14)21)11-16-18(22)20(2)19(24)23-16/h4-11H,3H2,1-2H3/b16-11+. The Morgan fingerprint density at radius 1 is 1.12 bits per heavy atom. The molecule has 4 nitrogen and oxygen atoms in total. The summed E-state index contributed by atoms with van der Waals surface area (Å²) in [6.07, 6.45) is 1.78. The molecule has 2 heterocycles. The minimum Gasteiger partial charge on any atom is -0.426 e. The lowest BCUT2D eigenvalue weighted by Crippen LogP contribution is -2.22. The van der Waals surface area contributed by atoms with E-state index in [9.17, 15) is 4.79 Å². The molecule has 1 aromatic heterocycles. The molecule has 1 aliphatic heterocycles. The Hall–Kier alpha value is -2.66. The number of likely N-dealkylation sites (N-methyl/N-ethyl adjacent to an activating group) is 1. The van der Waals surface area contributed by atoms with Crippen molar-refractivity contribution in [1.29, 1.82) is 0 Å². The van der Waals surface area contributed by atoms with Crippen molar-refractivity contribution >= 4 is 51.2 Å². The molecule has 0 atom stereocenters. The fourth-order valence-electron chi connectivity index (χ4n) is 3.27. The molecule has 0 spiro atoms. The van der Waals surface area contributed by atoms with Crippen LogP contribution in [0, 0.1) is 0 Å². The Bertz CT molecular complexity index is 1030. The van der Waals surface area contributed by atoms with Crippen molar-refractivity contribution in [2.45, 2.75) is 13.5 Å². The van der Waals surface area contributed by atoms with Gasteiger partial charge in [0.1, 0.15) is 0 Å². The lowest BCUT2D eigenvalue weighted by Gasteiger charge is -2.06. The quantitative estimate of drug-likeness (QED) is 0.525. The molecule has 1 aliphatic rings. The maximum absolute atomic E-state index is 12.2. The van der Waals surface area contributed by atoms with Crippen molar-refractivity contribution < 1.29 is 9.53 Å². The van der Waals surface area contributed by atoms with Gasteiger partial charge in [0.2, 0.25) is 0 Å². The van der Waals surface area contributed by atoms with Crippen molar-refractivity contribution in [3.8, 4) is 0 Å². The van der Waals surface area contributed by atoms with E-state index in [0.29, 0.717) is 0 Å². The summed E-state index contributed by atoms with van der Waals surface area (Å²) in [6, 6.07) is 14.4. The Labute approximate surface area is 144 Å². The number of nitrogens with zero attached hydrogens (tertiary/aromatic N) is 2. The number of benzene rings is 2. The fourth-order valence-corrected chi connectivity index (χ4v) is 3.44. The first-order valence-corrected chi connectivity index (χ1v) is 8.24. The molecule has 1 fully saturated rings. The van der Waals surface area contributed by atoms with Crippen LogP contribution in [0.5, 0.6) is 0 Å². The van der Waals surface area contributed by atoms with Gasteiger partial charge in [0.15, 0.2) is 5.76 Å². The topological polar surface area (TPSA) is 34.5 Å². The molecule has 2 aromatic carbocycles. The van der Waals surface area contributed by atoms with Crippen molar-refractivity contribution in [1.82, 2.24) is 9.47 Å². The summed E-state index contributed by atoms with van der Waals surface area (Å²) >= 11 is 5.05. The first-order chi connectivity index (χ1) is 11.6. The zero-order valence-corrected chi connectivity index (χ0v) is 14.3. The summed E-state index contributed by atoms with van der Waals surface area (Å²) in [7, 11) is 1.62. The van der Waals surface area contributed by atoms with Gasteiger partial charge in [-0.3, -0.25) is 9.69 Å². The molecule has 1 amide bonds. The highest BCUT2D eigenvalue weighted by molar-refractivity contribution is 7.80. The van der Waals surface area contributed by atoms with E-state index >= 15 is 0 Å². The van der Waals surface area contributed by atoms with Crippen molar-refractivity contribution in [2.75, 3.05) is 7.05 Å². The van der Waals surface area contributed by atoms with Gasteiger partial charge in [-0.1, -0.05) is 36.4 Å². The van der Waals surface area contributed by atoms with Gasteiger partial charge < -0.3 is 9.30 Å². The molecule has 0 saturated carbocycles. The summed E-state index contributed by atoms with van der Waals surface area (Å²) < 4.78 is 7.71. The third kappa shape index (κ3) is 2.05. The summed E-state index contributed by atoms with van der Waals surface area (Å²) in [5, 5.41) is 2.57. The van der Waals surface area contributed by atoms with Crippen LogP contribution in [-0.4, -0.2) is 27.6 Å². The van der Waals surface area contributed by atoms with Crippen molar-refractivity contribution in [2.24, 2.45) is 0 Å². The highest BCUT2D eigenvalue weighted by atomic mass is 32.1. The van der Waals surface area contributed by atoms with Gasteiger partial charge in [-0.05, 0) is 31.3 Å². The van der Waals surface area contributed by atoms with E-state index in [1.807, 2.05) is 24.3 Å². The van der Waals surface area contributed by atoms with E-state index in [0.717, 1.165) is 17.6 Å². The van der Waals surface area contributed by atoms with Crippen LogP contribution in [0.25, 0.3) is 27.9 Å². The predicted octanol–water partition coefficient (Wildman–Crippen LogP) is 3.93. The largest absolute Gasteiger partial charge is 0.426 e. The molecule has 0 bridgehead atoms. The molecule has 120 valence electrons. The van der Waals surface area contributed by atoms with E-state index in [-0.39, 0.29) is 16.8 Å². The van der Waals surface area contributed by atoms with Crippen LogP contribution in [0.2, 0.25) is 0 Å². The second kappa shape index (κ2) is 5.46. The molecule has 0 unspecified atom stereocenters. The summed E-state index contributed by atoms with van der Waals surface area (Å²) in [5.41, 5.74) is 3.24. The number of carbonyl (C=O) groups excluding carboxylic acids is 1. The molecule has 4 rings (SSSR count). The number of fused-ring (bicyclic) bond motifs is 3. The normalized spacial score (nSPS) is 16.6. The van der Waals surface area contributed by atoms with E-state index < -0.39 is 0 Å². The van der Waals surface area contributed by atoms with E-state index in [2.05, 4.69) is 29.7 Å². The minimum atomic E-state index is -0.212. The number of amides is 1. The molecular weight excluding hydrogens is 320 g/mol. The van der Waals surface area contributed by atoms with Crippen molar-refractivity contribution in [3.63, 3.8) is 0 Å². The summed E-state index contributed by atoms with van der Waals surface area (Å²) in [4.78, 5) is 13.6. The minimum absolute atomic E-state index is 0.189. The summed E-state index contributed by atoms with van der Waals surface area (Å²) in [6.45, 7) is 2.97. The second-order valence-corrected chi connectivity index (χ2v) is 6.09. The molecule has 24 heavy (non-hydrogen) atoms.